The summed E-state index contributed by atoms with van der Waals surface area (Å²) in [6, 6.07) is 3.39. The number of carbonyl (C=O) groups is 1. The number of halogens is 2. The second-order valence-corrected chi connectivity index (χ2v) is 7.40. The molecule has 0 aromatic heterocycles. The number of rotatable bonds is 6. The van der Waals surface area contributed by atoms with Crippen molar-refractivity contribution in [1.29, 1.82) is 0 Å². The molecule has 0 fully saturated rings. The second-order valence-electron chi connectivity index (χ2n) is 5.63. The largest absolute Gasteiger partial charge is 0.506 e. The third-order valence-corrected chi connectivity index (χ3v) is 4.49. The van der Waals surface area contributed by atoms with Crippen LogP contribution in [0.2, 0.25) is 0 Å². The van der Waals surface area contributed by atoms with E-state index in [4.69, 9.17) is 5.21 Å². The zero-order valence-corrected chi connectivity index (χ0v) is 15.5. The zero-order valence-electron chi connectivity index (χ0n) is 12.3. The molecule has 122 valence electrons. The Bertz CT molecular complexity index is 573. The molecule has 0 saturated heterocycles. The molecule has 1 atom stereocenters. The van der Waals surface area contributed by atoms with Gasteiger partial charge in [0, 0.05) is 16.1 Å². The van der Waals surface area contributed by atoms with Crippen LogP contribution in [0.1, 0.15) is 38.4 Å². The van der Waals surface area contributed by atoms with Gasteiger partial charge in [0.2, 0.25) is 0 Å². The van der Waals surface area contributed by atoms with Crippen molar-refractivity contribution in [3.8, 4) is 5.75 Å². The molecule has 1 amide bonds. The van der Waals surface area contributed by atoms with Crippen molar-refractivity contribution in [2.75, 3.05) is 0 Å². The number of benzene rings is 1. The third-order valence-electron chi connectivity index (χ3n) is 3.43. The van der Waals surface area contributed by atoms with Gasteiger partial charge in [-0.3, -0.25) is 10.0 Å². The number of aliphatic hydroxyl groups excluding tert-OH is 1. The van der Waals surface area contributed by atoms with Crippen LogP contribution in [0.4, 0.5) is 0 Å². The van der Waals surface area contributed by atoms with Gasteiger partial charge in [-0.1, -0.05) is 35.9 Å². The normalized spacial score (nSPS) is 13.4. The highest BCUT2D eigenvalue weighted by Crippen LogP contribution is 2.44. The fourth-order valence-corrected chi connectivity index (χ4v) is 3.29. The third kappa shape index (κ3) is 5.08. The molecule has 0 saturated carbocycles. The van der Waals surface area contributed by atoms with Gasteiger partial charge < -0.3 is 10.2 Å². The molecule has 1 aromatic carbocycles. The highest BCUT2D eigenvalue weighted by atomic mass is 79.9. The lowest BCUT2D eigenvalue weighted by Gasteiger charge is -2.31. The number of nitrogens with one attached hydrogen (secondary N) is 1. The molecule has 22 heavy (non-hydrogen) atoms. The van der Waals surface area contributed by atoms with Crippen LogP contribution in [0, 0.1) is 5.41 Å². The predicted molar refractivity (Wildman–Crippen MR) is 90.6 cm³/mol. The number of aromatic hydroxyl groups is 1. The van der Waals surface area contributed by atoms with Gasteiger partial charge in [0.1, 0.15) is 5.75 Å². The quantitative estimate of drug-likeness (QED) is 0.310. The standard InChI is InChI=1S/C15H19Br2NO4/c1-15(2,6-4-3-5-12(19)18-22)14(21)10-7-9(16)8-11(17)13(10)20/h3,5,7-8,14,20-22H,4,6H2,1-2H3,(H,18,19)/b5-3+/t14-/m1/s1. The Morgan fingerprint density at radius 2 is 2.05 bits per heavy atom. The summed E-state index contributed by atoms with van der Waals surface area (Å²) >= 11 is 6.59. The predicted octanol–water partition coefficient (Wildman–Crippen LogP) is 3.82. The van der Waals surface area contributed by atoms with E-state index in [9.17, 15) is 15.0 Å². The SMILES string of the molecule is CC(C)(CC/C=C/C(=O)NO)[C@H](O)c1cc(Br)cc(Br)c1O. The van der Waals surface area contributed by atoms with Crippen molar-refractivity contribution in [2.45, 2.75) is 32.8 Å². The van der Waals surface area contributed by atoms with Gasteiger partial charge in [-0.15, -0.1) is 0 Å². The molecular formula is C15H19Br2NO4. The number of hydrogen-bond donors (Lipinski definition) is 4. The van der Waals surface area contributed by atoms with Crippen molar-refractivity contribution in [3.05, 3.63) is 38.8 Å². The Morgan fingerprint density at radius 3 is 2.64 bits per heavy atom. The number of aliphatic hydroxyl groups is 1. The molecule has 1 aromatic rings. The molecule has 0 aliphatic rings. The molecule has 7 heteroatoms. The molecule has 1 rings (SSSR count). The summed E-state index contributed by atoms with van der Waals surface area (Å²) in [7, 11) is 0. The summed E-state index contributed by atoms with van der Waals surface area (Å²) < 4.78 is 1.26. The Hall–Kier alpha value is -0.890. The van der Waals surface area contributed by atoms with Gasteiger partial charge in [-0.25, -0.2) is 5.48 Å². The molecule has 0 heterocycles. The average molecular weight is 437 g/mol. The second kappa shape index (κ2) is 8.10. The molecule has 0 radical (unpaired) electrons. The van der Waals surface area contributed by atoms with Crippen LogP contribution in [0.5, 0.6) is 5.75 Å². The van der Waals surface area contributed by atoms with Crippen LogP contribution in [0.3, 0.4) is 0 Å². The Labute approximate surface area is 146 Å². The number of hydroxylamine groups is 1. The van der Waals surface area contributed by atoms with E-state index in [1.165, 1.54) is 11.6 Å². The molecule has 0 aliphatic carbocycles. The lowest BCUT2D eigenvalue weighted by molar-refractivity contribution is -0.124. The molecule has 0 aliphatic heterocycles. The molecule has 0 spiro atoms. The molecule has 0 unspecified atom stereocenters. The first kappa shape index (κ1) is 19.2. The summed E-state index contributed by atoms with van der Waals surface area (Å²) in [5.74, 6) is -0.578. The highest BCUT2D eigenvalue weighted by Gasteiger charge is 2.31. The van der Waals surface area contributed by atoms with Crippen molar-refractivity contribution in [1.82, 2.24) is 5.48 Å². The van der Waals surface area contributed by atoms with Gasteiger partial charge in [0.15, 0.2) is 0 Å². The number of phenolic OH excluding ortho intramolecular Hbond substituents is 1. The van der Waals surface area contributed by atoms with Gasteiger partial charge in [0.25, 0.3) is 5.91 Å². The first-order chi connectivity index (χ1) is 10.2. The molecular weight excluding hydrogens is 418 g/mol. The van der Waals surface area contributed by atoms with E-state index in [-0.39, 0.29) is 5.75 Å². The molecule has 0 bridgehead atoms. The Morgan fingerprint density at radius 1 is 1.41 bits per heavy atom. The number of carbonyl (C=O) groups excluding carboxylic acids is 1. The number of amides is 1. The number of allylic oxidation sites excluding steroid dienone is 1. The van der Waals surface area contributed by atoms with E-state index in [1.54, 1.807) is 18.2 Å². The maximum atomic E-state index is 10.9. The van der Waals surface area contributed by atoms with E-state index in [2.05, 4.69) is 31.9 Å². The first-order valence-corrected chi connectivity index (χ1v) is 8.24. The lowest BCUT2D eigenvalue weighted by atomic mass is 9.78. The zero-order chi connectivity index (χ0) is 16.9. The Balaban J connectivity index is 2.84. The summed E-state index contributed by atoms with van der Waals surface area (Å²) in [5, 5.41) is 29.1. The smallest absolute Gasteiger partial charge is 0.267 e. The minimum atomic E-state index is -0.874. The number of phenols is 1. The highest BCUT2D eigenvalue weighted by molar-refractivity contribution is 9.11. The monoisotopic (exact) mass is 435 g/mol. The van der Waals surface area contributed by atoms with E-state index >= 15 is 0 Å². The van der Waals surface area contributed by atoms with Crippen LogP contribution in [-0.4, -0.2) is 21.3 Å². The van der Waals surface area contributed by atoms with Gasteiger partial charge in [-0.05, 0) is 46.3 Å². The summed E-state index contributed by atoms with van der Waals surface area (Å²) in [5.41, 5.74) is 1.43. The minimum absolute atomic E-state index is 0.0129. The van der Waals surface area contributed by atoms with E-state index in [0.29, 0.717) is 22.9 Å². The fourth-order valence-electron chi connectivity index (χ4n) is 2.03. The number of hydrogen-bond acceptors (Lipinski definition) is 4. The maximum absolute atomic E-state index is 10.9. The van der Waals surface area contributed by atoms with Gasteiger partial charge in [0.05, 0.1) is 10.6 Å². The van der Waals surface area contributed by atoms with E-state index in [1.807, 2.05) is 13.8 Å². The summed E-state index contributed by atoms with van der Waals surface area (Å²) in [4.78, 5) is 10.9. The van der Waals surface area contributed by atoms with Crippen molar-refractivity contribution >= 4 is 37.8 Å². The first-order valence-electron chi connectivity index (χ1n) is 6.65. The van der Waals surface area contributed by atoms with Crippen molar-refractivity contribution in [3.63, 3.8) is 0 Å². The topological polar surface area (TPSA) is 89.8 Å². The molecule has 4 N–H and O–H groups in total. The maximum Gasteiger partial charge on any atom is 0.267 e. The van der Waals surface area contributed by atoms with Crippen molar-refractivity contribution in [2.24, 2.45) is 5.41 Å². The molecule has 5 nitrogen and oxygen atoms in total. The van der Waals surface area contributed by atoms with E-state index in [0.717, 1.165) is 4.47 Å². The fraction of sp³-hybridized carbons (Fsp3) is 0.400. The average Bonchev–Trinajstić information content (AvgIpc) is 2.46. The van der Waals surface area contributed by atoms with Gasteiger partial charge in [-0.2, -0.15) is 0 Å². The van der Waals surface area contributed by atoms with Crippen LogP contribution < -0.4 is 5.48 Å². The van der Waals surface area contributed by atoms with Gasteiger partial charge >= 0.3 is 0 Å². The van der Waals surface area contributed by atoms with Crippen LogP contribution in [-0.2, 0) is 4.79 Å². The Kier molecular flexibility index (Phi) is 7.05. The van der Waals surface area contributed by atoms with Crippen LogP contribution in [0.25, 0.3) is 0 Å². The van der Waals surface area contributed by atoms with Crippen molar-refractivity contribution < 1.29 is 20.2 Å². The summed E-state index contributed by atoms with van der Waals surface area (Å²) in [6.07, 6.45) is 3.12. The minimum Gasteiger partial charge on any atom is -0.506 e. The van der Waals surface area contributed by atoms with E-state index < -0.39 is 17.4 Å². The summed E-state index contributed by atoms with van der Waals surface area (Å²) in [6.45, 7) is 3.76. The lowest BCUT2D eigenvalue weighted by Crippen LogP contribution is -2.22. The van der Waals surface area contributed by atoms with Crippen LogP contribution in [0.15, 0.2) is 33.2 Å². The van der Waals surface area contributed by atoms with Crippen LogP contribution >= 0.6 is 31.9 Å².